The van der Waals surface area contributed by atoms with Crippen molar-refractivity contribution in [3.63, 3.8) is 0 Å². The number of nitrogens with zero attached hydrogens (tertiary/aromatic N) is 2. The fourth-order valence-electron chi connectivity index (χ4n) is 3.26. The molecule has 2 rings (SSSR count). The summed E-state index contributed by atoms with van der Waals surface area (Å²) in [5, 5.41) is 2.87. The molecular weight excluding hydrogens is 326 g/mol. The molecule has 0 aromatic heterocycles. The van der Waals surface area contributed by atoms with Crippen LogP contribution in [0.1, 0.15) is 58.8 Å². The molecule has 0 saturated carbocycles. The molecule has 1 saturated heterocycles. The van der Waals surface area contributed by atoms with Crippen LogP contribution < -0.4 is 10.2 Å². The molecule has 144 valence electrons. The van der Waals surface area contributed by atoms with Gasteiger partial charge in [-0.3, -0.25) is 9.59 Å². The first-order valence-corrected chi connectivity index (χ1v) is 10.1. The van der Waals surface area contributed by atoms with Gasteiger partial charge in [-0.2, -0.15) is 0 Å². The van der Waals surface area contributed by atoms with E-state index in [9.17, 15) is 9.59 Å². The fourth-order valence-corrected chi connectivity index (χ4v) is 3.26. The van der Waals surface area contributed by atoms with Crippen LogP contribution in [0.5, 0.6) is 0 Å². The van der Waals surface area contributed by atoms with E-state index in [-0.39, 0.29) is 5.91 Å². The Bertz CT molecular complexity index is 563. The van der Waals surface area contributed by atoms with Crippen molar-refractivity contribution in [3.8, 4) is 0 Å². The van der Waals surface area contributed by atoms with Gasteiger partial charge >= 0.3 is 0 Å². The van der Waals surface area contributed by atoms with Crippen LogP contribution in [0, 0.1) is 0 Å². The average Bonchev–Trinajstić information content (AvgIpc) is 2.68. The molecule has 0 aliphatic carbocycles. The minimum absolute atomic E-state index is 0.0274. The van der Waals surface area contributed by atoms with Crippen molar-refractivity contribution in [3.05, 3.63) is 24.3 Å². The van der Waals surface area contributed by atoms with Gasteiger partial charge in [-0.05, 0) is 30.7 Å². The van der Waals surface area contributed by atoms with Gasteiger partial charge in [-0.25, -0.2) is 0 Å². The lowest BCUT2D eigenvalue weighted by atomic mass is 10.1. The van der Waals surface area contributed by atoms with Gasteiger partial charge in [-0.1, -0.05) is 39.5 Å². The van der Waals surface area contributed by atoms with Gasteiger partial charge in [-0.15, -0.1) is 0 Å². The first-order valence-electron chi connectivity index (χ1n) is 10.1. The number of piperazine rings is 1. The number of nitrogens with one attached hydrogen (secondary N) is 1. The van der Waals surface area contributed by atoms with E-state index in [1.807, 2.05) is 36.1 Å². The maximum absolute atomic E-state index is 12.3. The molecule has 1 aliphatic rings. The number of hydrogen-bond donors (Lipinski definition) is 1. The van der Waals surface area contributed by atoms with Gasteiger partial charge in [0.15, 0.2) is 0 Å². The average molecular weight is 360 g/mol. The van der Waals surface area contributed by atoms with Gasteiger partial charge in [0.05, 0.1) is 0 Å². The number of unbranched alkanes of at least 4 members (excludes halogenated alkanes) is 4. The van der Waals surface area contributed by atoms with Crippen molar-refractivity contribution in [1.29, 1.82) is 0 Å². The monoisotopic (exact) mass is 359 g/mol. The Morgan fingerprint density at radius 1 is 0.923 bits per heavy atom. The van der Waals surface area contributed by atoms with Crippen LogP contribution in [-0.4, -0.2) is 42.9 Å². The van der Waals surface area contributed by atoms with Crippen LogP contribution in [0.2, 0.25) is 0 Å². The van der Waals surface area contributed by atoms with Gasteiger partial charge in [0.2, 0.25) is 11.8 Å². The van der Waals surface area contributed by atoms with E-state index in [2.05, 4.69) is 17.1 Å². The van der Waals surface area contributed by atoms with Crippen molar-refractivity contribution in [2.75, 3.05) is 36.4 Å². The molecule has 2 amide bonds. The zero-order valence-electron chi connectivity index (χ0n) is 16.3. The van der Waals surface area contributed by atoms with Crippen LogP contribution in [-0.2, 0) is 9.59 Å². The summed E-state index contributed by atoms with van der Waals surface area (Å²) in [6.07, 6.45) is 7.11. The minimum atomic E-state index is 0.0274. The lowest BCUT2D eigenvalue weighted by molar-refractivity contribution is -0.131. The number of hydrogen-bond acceptors (Lipinski definition) is 3. The van der Waals surface area contributed by atoms with Gasteiger partial charge in [0.1, 0.15) is 0 Å². The SMILES string of the molecule is CCCCCCCC(=O)N1CCN(c2ccc(NC(=O)CC)cc2)CC1. The van der Waals surface area contributed by atoms with E-state index in [1.165, 1.54) is 25.7 Å². The third kappa shape index (κ3) is 6.36. The summed E-state index contributed by atoms with van der Waals surface area (Å²) in [6, 6.07) is 7.96. The second kappa shape index (κ2) is 10.8. The van der Waals surface area contributed by atoms with E-state index < -0.39 is 0 Å². The Balaban J connectivity index is 1.73. The zero-order valence-corrected chi connectivity index (χ0v) is 16.3. The molecule has 0 spiro atoms. The highest BCUT2D eigenvalue weighted by molar-refractivity contribution is 5.90. The van der Waals surface area contributed by atoms with Gasteiger partial charge < -0.3 is 15.1 Å². The lowest BCUT2D eigenvalue weighted by Gasteiger charge is -2.36. The fraction of sp³-hybridized carbons (Fsp3) is 0.619. The summed E-state index contributed by atoms with van der Waals surface area (Å²) < 4.78 is 0. The van der Waals surface area contributed by atoms with Gasteiger partial charge in [0, 0.05) is 50.4 Å². The molecule has 0 unspecified atom stereocenters. The molecule has 1 fully saturated rings. The zero-order chi connectivity index (χ0) is 18.8. The largest absolute Gasteiger partial charge is 0.368 e. The van der Waals surface area contributed by atoms with Crippen LogP contribution in [0.15, 0.2) is 24.3 Å². The lowest BCUT2D eigenvalue weighted by Crippen LogP contribution is -2.48. The second-order valence-electron chi connectivity index (χ2n) is 6.98. The number of carbonyl (C=O) groups is 2. The molecule has 1 aromatic carbocycles. The molecule has 1 aromatic rings. The van der Waals surface area contributed by atoms with E-state index in [0.717, 1.165) is 44.0 Å². The summed E-state index contributed by atoms with van der Waals surface area (Å²) in [4.78, 5) is 28.1. The first kappa shape index (κ1) is 20.3. The van der Waals surface area contributed by atoms with Crippen LogP contribution in [0.25, 0.3) is 0 Å². The molecule has 1 heterocycles. The van der Waals surface area contributed by atoms with E-state index >= 15 is 0 Å². The van der Waals surface area contributed by atoms with Gasteiger partial charge in [0.25, 0.3) is 0 Å². The Labute approximate surface area is 157 Å². The summed E-state index contributed by atoms with van der Waals surface area (Å²) in [5.41, 5.74) is 1.98. The Morgan fingerprint density at radius 2 is 1.58 bits per heavy atom. The van der Waals surface area contributed by atoms with E-state index in [1.54, 1.807) is 0 Å². The molecule has 5 heteroatoms. The van der Waals surface area contributed by atoms with Crippen molar-refractivity contribution in [2.24, 2.45) is 0 Å². The highest BCUT2D eigenvalue weighted by Gasteiger charge is 2.20. The highest BCUT2D eigenvalue weighted by Crippen LogP contribution is 2.20. The summed E-state index contributed by atoms with van der Waals surface area (Å²) in [6.45, 7) is 7.36. The molecule has 26 heavy (non-hydrogen) atoms. The Kier molecular flexibility index (Phi) is 8.45. The first-order chi connectivity index (χ1) is 12.6. The number of amides is 2. The highest BCUT2D eigenvalue weighted by atomic mass is 16.2. The van der Waals surface area contributed by atoms with Crippen molar-refractivity contribution in [1.82, 2.24) is 4.90 Å². The topological polar surface area (TPSA) is 52.7 Å². The molecule has 0 atom stereocenters. The van der Waals surface area contributed by atoms with E-state index in [4.69, 9.17) is 0 Å². The third-order valence-corrected chi connectivity index (χ3v) is 4.96. The molecular formula is C21H33N3O2. The van der Waals surface area contributed by atoms with Crippen molar-refractivity contribution >= 4 is 23.2 Å². The number of benzene rings is 1. The molecule has 0 bridgehead atoms. The maximum atomic E-state index is 12.3. The predicted molar refractivity (Wildman–Crippen MR) is 108 cm³/mol. The molecule has 0 radical (unpaired) electrons. The number of rotatable bonds is 9. The second-order valence-corrected chi connectivity index (χ2v) is 6.98. The quantitative estimate of drug-likeness (QED) is 0.677. The standard InChI is InChI=1S/C21H33N3O2/c1-3-5-6-7-8-9-21(26)24-16-14-23(15-17-24)19-12-10-18(11-13-19)22-20(25)4-2/h10-13H,3-9,14-17H2,1-2H3,(H,22,25). The minimum Gasteiger partial charge on any atom is -0.368 e. The van der Waals surface area contributed by atoms with Crippen molar-refractivity contribution < 1.29 is 9.59 Å². The number of carbonyl (C=O) groups excluding carboxylic acids is 2. The smallest absolute Gasteiger partial charge is 0.224 e. The third-order valence-electron chi connectivity index (χ3n) is 4.96. The van der Waals surface area contributed by atoms with Crippen LogP contribution in [0.4, 0.5) is 11.4 Å². The summed E-state index contributed by atoms with van der Waals surface area (Å²) in [5.74, 6) is 0.332. The Hall–Kier alpha value is -2.04. The van der Waals surface area contributed by atoms with Crippen LogP contribution in [0.3, 0.4) is 0 Å². The Morgan fingerprint density at radius 3 is 2.19 bits per heavy atom. The maximum Gasteiger partial charge on any atom is 0.224 e. The number of anilines is 2. The molecule has 1 N–H and O–H groups in total. The summed E-state index contributed by atoms with van der Waals surface area (Å²) >= 11 is 0. The summed E-state index contributed by atoms with van der Waals surface area (Å²) in [7, 11) is 0. The van der Waals surface area contributed by atoms with Crippen LogP contribution >= 0.6 is 0 Å². The normalized spacial score (nSPS) is 14.4. The molecule has 1 aliphatic heterocycles. The molecule has 5 nitrogen and oxygen atoms in total. The predicted octanol–water partition coefficient (Wildman–Crippen LogP) is 4.04. The van der Waals surface area contributed by atoms with E-state index in [0.29, 0.717) is 18.7 Å². The van der Waals surface area contributed by atoms with Crippen molar-refractivity contribution in [2.45, 2.75) is 58.8 Å².